The van der Waals surface area contributed by atoms with Crippen LogP contribution in [0.25, 0.3) is 10.8 Å². The Hall–Kier alpha value is -3.41. The first kappa shape index (κ1) is 18.9. The number of nitrogens with zero attached hydrogens (tertiary/aromatic N) is 2. The Morgan fingerprint density at radius 1 is 1.10 bits per heavy atom. The normalized spacial score (nSPS) is 13.1. The van der Waals surface area contributed by atoms with Crippen molar-refractivity contribution in [3.8, 4) is 0 Å². The molecule has 1 aliphatic heterocycles. The Kier molecular flexibility index (Phi) is 5.16. The minimum atomic E-state index is -0.466. The van der Waals surface area contributed by atoms with Gasteiger partial charge in [0.05, 0.1) is 19.3 Å². The van der Waals surface area contributed by atoms with Gasteiger partial charge in [0.2, 0.25) is 0 Å². The second-order valence-corrected chi connectivity index (χ2v) is 6.86. The summed E-state index contributed by atoms with van der Waals surface area (Å²) >= 11 is 0. The predicted octanol–water partition coefficient (Wildman–Crippen LogP) is 4.28. The van der Waals surface area contributed by atoms with E-state index >= 15 is 0 Å². The molecule has 1 aliphatic rings. The second-order valence-electron chi connectivity index (χ2n) is 6.86. The zero-order valence-corrected chi connectivity index (χ0v) is 16.5. The molecule has 2 aromatic carbocycles. The van der Waals surface area contributed by atoms with E-state index < -0.39 is 5.97 Å². The molecule has 0 fully saturated rings. The molecule has 148 valence electrons. The lowest BCUT2D eigenvalue weighted by Crippen LogP contribution is -2.26. The number of esters is 2. The number of fused-ring (bicyclic) bond motifs is 2. The summed E-state index contributed by atoms with van der Waals surface area (Å²) < 4.78 is 10.0. The molecule has 2 heterocycles. The van der Waals surface area contributed by atoms with Crippen LogP contribution in [0.2, 0.25) is 0 Å². The molecule has 6 heteroatoms. The van der Waals surface area contributed by atoms with Gasteiger partial charge in [-0.05, 0) is 55.0 Å². The zero-order chi connectivity index (χ0) is 20.4. The molecule has 1 aromatic heterocycles. The molecule has 4 rings (SSSR count). The van der Waals surface area contributed by atoms with E-state index in [9.17, 15) is 9.59 Å². The summed E-state index contributed by atoms with van der Waals surface area (Å²) in [5.41, 5.74) is 2.88. The third-order valence-corrected chi connectivity index (χ3v) is 5.08. The molecule has 0 saturated carbocycles. The number of rotatable bonds is 4. The van der Waals surface area contributed by atoms with Gasteiger partial charge in [-0.25, -0.2) is 14.6 Å². The zero-order valence-electron chi connectivity index (χ0n) is 16.5. The highest BCUT2D eigenvalue weighted by atomic mass is 16.5. The van der Waals surface area contributed by atoms with Crippen molar-refractivity contribution in [3.63, 3.8) is 0 Å². The number of hydrogen-bond acceptors (Lipinski definition) is 6. The van der Waals surface area contributed by atoms with E-state index in [2.05, 4.69) is 9.88 Å². The third kappa shape index (κ3) is 3.53. The molecular formula is C23H22N2O4. The highest BCUT2D eigenvalue weighted by Gasteiger charge is 2.24. The number of pyridine rings is 1. The first-order chi connectivity index (χ1) is 14.1. The van der Waals surface area contributed by atoms with E-state index in [0.29, 0.717) is 18.0 Å². The lowest BCUT2D eigenvalue weighted by molar-refractivity contribution is 0.0525. The third-order valence-electron chi connectivity index (χ3n) is 5.08. The Bertz CT molecular complexity index is 1090. The number of ether oxygens (including phenoxy) is 2. The Balaban J connectivity index is 1.83. The molecule has 0 saturated heterocycles. The van der Waals surface area contributed by atoms with E-state index in [1.807, 2.05) is 36.4 Å². The quantitative estimate of drug-likeness (QED) is 0.619. The highest BCUT2D eigenvalue weighted by molar-refractivity contribution is 6.00. The highest BCUT2D eigenvalue weighted by Crippen LogP contribution is 2.37. The predicted molar refractivity (Wildman–Crippen MR) is 111 cm³/mol. The fourth-order valence-electron chi connectivity index (χ4n) is 3.75. The van der Waals surface area contributed by atoms with E-state index in [-0.39, 0.29) is 11.7 Å². The summed E-state index contributed by atoms with van der Waals surface area (Å²) in [4.78, 5) is 31.0. The molecule has 0 radical (unpaired) electrons. The van der Waals surface area contributed by atoms with Crippen molar-refractivity contribution in [2.45, 2.75) is 19.8 Å². The second kappa shape index (κ2) is 7.91. The van der Waals surface area contributed by atoms with Gasteiger partial charge in [-0.2, -0.15) is 0 Å². The van der Waals surface area contributed by atoms with E-state index in [1.165, 1.54) is 7.11 Å². The van der Waals surface area contributed by atoms with Crippen LogP contribution in [0.1, 0.15) is 39.8 Å². The largest absolute Gasteiger partial charge is 0.464 e. The monoisotopic (exact) mass is 390 g/mol. The van der Waals surface area contributed by atoms with Crippen molar-refractivity contribution in [1.29, 1.82) is 0 Å². The van der Waals surface area contributed by atoms with Gasteiger partial charge in [0, 0.05) is 17.6 Å². The molecule has 0 bridgehead atoms. The van der Waals surface area contributed by atoms with Crippen LogP contribution in [0.15, 0.2) is 48.5 Å². The summed E-state index contributed by atoms with van der Waals surface area (Å²) in [5.74, 6) is -0.0658. The van der Waals surface area contributed by atoms with E-state index in [1.54, 1.807) is 19.1 Å². The molecule has 29 heavy (non-hydrogen) atoms. The molecule has 0 amide bonds. The first-order valence-corrected chi connectivity index (χ1v) is 9.68. The van der Waals surface area contributed by atoms with Crippen LogP contribution in [-0.4, -0.2) is 37.2 Å². The van der Waals surface area contributed by atoms with Gasteiger partial charge in [0.25, 0.3) is 0 Å². The van der Waals surface area contributed by atoms with Crippen molar-refractivity contribution in [1.82, 2.24) is 4.98 Å². The maximum Gasteiger partial charge on any atom is 0.356 e. The van der Waals surface area contributed by atoms with Crippen LogP contribution in [0.3, 0.4) is 0 Å². The Morgan fingerprint density at radius 2 is 1.93 bits per heavy atom. The summed E-state index contributed by atoms with van der Waals surface area (Å²) in [6.45, 7) is 2.91. The van der Waals surface area contributed by atoms with Crippen molar-refractivity contribution in [2.75, 3.05) is 25.2 Å². The average Bonchev–Trinajstić information content (AvgIpc) is 2.77. The minimum Gasteiger partial charge on any atom is -0.464 e. The number of anilines is 2. The molecule has 0 spiro atoms. The summed E-state index contributed by atoms with van der Waals surface area (Å²) in [6.07, 6.45) is 1.78. The number of aromatic nitrogens is 1. The minimum absolute atomic E-state index is 0.275. The van der Waals surface area contributed by atoms with Crippen LogP contribution in [0, 0.1) is 0 Å². The SMILES string of the molecule is CCOC(=O)c1ccc2c(c1)CCCN2c1nc(C(=O)OC)cc2ccccc12. The van der Waals surface area contributed by atoms with Crippen molar-refractivity contribution < 1.29 is 19.1 Å². The van der Waals surface area contributed by atoms with Crippen molar-refractivity contribution in [3.05, 3.63) is 65.4 Å². The lowest BCUT2D eigenvalue weighted by Gasteiger charge is -2.31. The fourth-order valence-corrected chi connectivity index (χ4v) is 3.75. The number of carbonyl (C=O) groups is 2. The maximum absolute atomic E-state index is 12.2. The number of aryl methyl sites for hydroxylation is 1. The lowest BCUT2D eigenvalue weighted by atomic mass is 9.98. The van der Waals surface area contributed by atoms with Gasteiger partial charge >= 0.3 is 11.9 Å². The van der Waals surface area contributed by atoms with Crippen LogP contribution in [0.4, 0.5) is 11.5 Å². The summed E-state index contributed by atoms with van der Waals surface area (Å²) in [5, 5.41) is 1.88. The molecule has 0 atom stereocenters. The molecule has 0 N–H and O–H groups in total. The Labute approximate surface area is 169 Å². The molecule has 6 nitrogen and oxygen atoms in total. The first-order valence-electron chi connectivity index (χ1n) is 9.68. The number of methoxy groups -OCH3 is 1. The van der Waals surface area contributed by atoms with Crippen LogP contribution < -0.4 is 4.90 Å². The van der Waals surface area contributed by atoms with Gasteiger partial charge in [-0.1, -0.05) is 24.3 Å². The summed E-state index contributed by atoms with van der Waals surface area (Å²) in [7, 11) is 1.35. The average molecular weight is 390 g/mol. The fraction of sp³-hybridized carbons (Fsp3) is 0.261. The molecular weight excluding hydrogens is 368 g/mol. The molecule has 0 aliphatic carbocycles. The van der Waals surface area contributed by atoms with E-state index in [4.69, 9.17) is 9.47 Å². The summed E-state index contributed by atoms with van der Waals surface area (Å²) in [6, 6.07) is 15.2. The molecule has 0 unspecified atom stereocenters. The van der Waals surface area contributed by atoms with Crippen LogP contribution in [0.5, 0.6) is 0 Å². The number of benzene rings is 2. The van der Waals surface area contributed by atoms with Crippen LogP contribution >= 0.6 is 0 Å². The molecule has 3 aromatic rings. The Morgan fingerprint density at radius 3 is 2.72 bits per heavy atom. The number of hydrogen-bond donors (Lipinski definition) is 0. The maximum atomic E-state index is 12.2. The van der Waals surface area contributed by atoms with Gasteiger partial charge in [-0.3, -0.25) is 0 Å². The van der Waals surface area contributed by atoms with Crippen molar-refractivity contribution in [2.24, 2.45) is 0 Å². The smallest absolute Gasteiger partial charge is 0.356 e. The van der Waals surface area contributed by atoms with Gasteiger partial charge in [0.1, 0.15) is 5.82 Å². The van der Waals surface area contributed by atoms with Gasteiger partial charge < -0.3 is 14.4 Å². The topological polar surface area (TPSA) is 68.7 Å². The number of carbonyl (C=O) groups excluding carboxylic acids is 2. The van der Waals surface area contributed by atoms with E-state index in [0.717, 1.165) is 41.4 Å². The standard InChI is InChI=1S/C23H22N2O4/c1-3-29-22(26)17-10-11-20-16(13-17)8-6-12-25(20)21-18-9-5-4-7-15(18)14-19(24-21)23(27)28-2/h4-5,7,9-11,13-14H,3,6,8,12H2,1-2H3. The van der Waals surface area contributed by atoms with Crippen molar-refractivity contribution >= 4 is 34.2 Å². The van der Waals surface area contributed by atoms with Crippen LogP contribution in [-0.2, 0) is 15.9 Å². The van der Waals surface area contributed by atoms with Gasteiger partial charge in [0.15, 0.2) is 5.69 Å². The van der Waals surface area contributed by atoms with Gasteiger partial charge in [-0.15, -0.1) is 0 Å².